The third-order valence-corrected chi connectivity index (χ3v) is 2.63. The van der Waals surface area contributed by atoms with E-state index in [-0.39, 0.29) is 17.9 Å². The SMILES string of the molecule is CCOC(=O)C(O)c1cc(F)cc(Br)c1OC. The van der Waals surface area contributed by atoms with Crippen LogP contribution in [0, 0.1) is 5.82 Å². The topological polar surface area (TPSA) is 55.8 Å². The van der Waals surface area contributed by atoms with Gasteiger partial charge < -0.3 is 14.6 Å². The van der Waals surface area contributed by atoms with Crippen molar-refractivity contribution in [2.75, 3.05) is 13.7 Å². The number of benzene rings is 1. The number of esters is 1. The van der Waals surface area contributed by atoms with E-state index in [4.69, 9.17) is 4.74 Å². The van der Waals surface area contributed by atoms with Crippen LogP contribution in [0.3, 0.4) is 0 Å². The quantitative estimate of drug-likeness (QED) is 0.866. The Balaban J connectivity index is 3.15. The maximum Gasteiger partial charge on any atom is 0.339 e. The molecule has 4 nitrogen and oxygen atoms in total. The van der Waals surface area contributed by atoms with Crippen LogP contribution in [0.15, 0.2) is 16.6 Å². The lowest BCUT2D eigenvalue weighted by Gasteiger charge is -2.15. The molecule has 0 aliphatic heterocycles. The molecule has 6 heteroatoms. The summed E-state index contributed by atoms with van der Waals surface area (Å²) in [5.74, 6) is -1.23. The van der Waals surface area contributed by atoms with Gasteiger partial charge in [0.2, 0.25) is 0 Å². The summed E-state index contributed by atoms with van der Waals surface area (Å²) in [7, 11) is 1.36. The molecule has 0 amide bonds. The van der Waals surface area contributed by atoms with E-state index in [1.807, 2.05) is 0 Å². The molecule has 0 aliphatic rings. The third-order valence-electron chi connectivity index (χ3n) is 2.05. The number of rotatable bonds is 4. The summed E-state index contributed by atoms with van der Waals surface area (Å²) in [4.78, 5) is 11.4. The molecule has 1 aromatic rings. The van der Waals surface area contributed by atoms with Crippen molar-refractivity contribution in [1.82, 2.24) is 0 Å². The van der Waals surface area contributed by atoms with Crippen molar-refractivity contribution in [2.45, 2.75) is 13.0 Å². The first-order chi connectivity index (χ1) is 8.01. The van der Waals surface area contributed by atoms with Crippen LogP contribution in [0.5, 0.6) is 5.75 Å². The highest BCUT2D eigenvalue weighted by molar-refractivity contribution is 9.10. The van der Waals surface area contributed by atoms with Gasteiger partial charge in [-0.15, -0.1) is 0 Å². The monoisotopic (exact) mass is 306 g/mol. The van der Waals surface area contributed by atoms with E-state index in [1.54, 1.807) is 6.92 Å². The average Bonchev–Trinajstić information content (AvgIpc) is 2.27. The van der Waals surface area contributed by atoms with Crippen LogP contribution in [0.25, 0.3) is 0 Å². The fraction of sp³-hybridized carbons (Fsp3) is 0.364. The van der Waals surface area contributed by atoms with Gasteiger partial charge in [0.25, 0.3) is 0 Å². The first-order valence-electron chi connectivity index (χ1n) is 4.88. The second-order valence-corrected chi connectivity index (χ2v) is 4.02. The Morgan fingerprint density at radius 1 is 1.59 bits per heavy atom. The lowest BCUT2D eigenvalue weighted by Crippen LogP contribution is -2.16. The summed E-state index contributed by atoms with van der Waals surface area (Å²) < 4.78 is 23.2. The highest BCUT2D eigenvalue weighted by Crippen LogP contribution is 2.34. The van der Waals surface area contributed by atoms with Crippen LogP contribution >= 0.6 is 15.9 Å². The van der Waals surface area contributed by atoms with Gasteiger partial charge in [-0.25, -0.2) is 9.18 Å². The van der Waals surface area contributed by atoms with Gasteiger partial charge in [-0.2, -0.15) is 0 Å². The van der Waals surface area contributed by atoms with Gasteiger partial charge in [0.15, 0.2) is 6.10 Å². The molecule has 0 aromatic heterocycles. The standard InChI is InChI=1S/C11H12BrFO4/c1-3-17-11(15)9(14)7-4-6(13)5-8(12)10(7)16-2/h4-5,9,14H,3H2,1-2H3. The fourth-order valence-electron chi connectivity index (χ4n) is 1.35. The van der Waals surface area contributed by atoms with Crippen molar-refractivity contribution < 1.29 is 23.8 Å². The van der Waals surface area contributed by atoms with Crippen LogP contribution in [0.2, 0.25) is 0 Å². The number of carbonyl (C=O) groups is 1. The Labute approximate surface area is 106 Å². The number of ether oxygens (including phenoxy) is 2. The number of aliphatic hydroxyl groups excluding tert-OH is 1. The molecule has 0 aliphatic carbocycles. The summed E-state index contributed by atoms with van der Waals surface area (Å²) in [5, 5.41) is 9.74. The second kappa shape index (κ2) is 5.97. The summed E-state index contributed by atoms with van der Waals surface area (Å²) in [6.45, 7) is 1.75. The highest BCUT2D eigenvalue weighted by atomic mass is 79.9. The van der Waals surface area contributed by atoms with Gasteiger partial charge in [-0.1, -0.05) is 0 Å². The van der Waals surface area contributed by atoms with Gasteiger partial charge in [0, 0.05) is 5.56 Å². The summed E-state index contributed by atoms with van der Waals surface area (Å²) >= 11 is 3.09. The van der Waals surface area contributed by atoms with Crippen molar-refractivity contribution in [1.29, 1.82) is 0 Å². The number of hydrogen-bond donors (Lipinski definition) is 1. The van der Waals surface area contributed by atoms with Crippen LogP contribution < -0.4 is 4.74 Å². The Morgan fingerprint density at radius 3 is 2.76 bits per heavy atom. The maximum absolute atomic E-state index is 13.2. The zero-order valence-electron chi connectivity index (χ0n) is 9.37. The Morgan fingerprint density at radius 2 is 2.24 bits per heavy atom. The largest absolute Gasteiger partial charge is 0.495 e. The van der Waals surface area contributed by atoms with Crippen molar-refractivity contribution in [3.05, 3.63) is 28.0 Å². The molecule has 0 bridgehead atoms. The van der Waals surface area contributed by atoms with Gasteiger partial charge in [-0.05, 0) is 35.0 Å². The summed E-state index contributed by atoms with van der Waals surface area (Å²) in [6.07, 6.45) is -1.57. The number of halogens is 2. The van der Waals surface area contributed by atoms with E-state index in [0.717, 1.165) is 6.07 Å². The maximum atomic E-state index is 13.2. The predicted molar refractivity (Wildman–Crippen MR) is 62.2 cm³/mol. The molecular formula is C11H12BrFO4. The zero-order chi connectivity index (χ0) is 13.0. The molecule has 0 saturated heterocycles. The smallest absolute Gasteiger partial charge is 0.339 e. The van der Waals surface area contributed by atoms with Crippen molar-refractivity contribution in [3.63, 3.8) is 0 Å². The van der Waals surface area contributed by atoms with Crippen molar-refractivity contribution in [3.8, 4) is 5.75 Å². The van der Waals surface area contributed by atoms with E-state index in [1.165, 1.54) is 13.2 Å². The first-order valence-corrected chi connectivity index (χ1v) is 5.68. The fourth-order valence-corrected chi connectivity index (χ4v) is 1.96. The Kier molecular flexibility index (Phi) is 4.89. The van der Waals surface area contributed by atoms with Crippen molar-refractivity contribution in [2.24, 2.45) is 0 Å². The van der Waals surface area contributed by atoms with Crippen LogP contribution in [-0.2, 0) is 9.53 Å². The van der Waals surface area contributed by atoms with Crippen molar-refractivity contribution >= 4 is 21.9 Å². The number of methoxy groups -OCH3 is 1. The summed E-state index contributed by atoms with van der Waals surface area (Å²) in [5.41, 5.74) is 0.0258. The minimum absolute atomic E-state index is 0.0258. The molecule has 0 saturated carbocycles. The average molecular weight is 307 g/mol. The molecule has 1 N–H and O–H groups in total. The van der Waals surface area contributed by atoms with E-state index < -0.39 is 17.9 Å². The first kappa shape index (κ1) is 13.9. The van der Waals surface area contributed by atoms with Gasteiger partial charge >= 0.3 is 5.97 Å². The predicted octanol–water partition coefficient (Wildman–Crippen LogP) is 2.19. The minimum Gasteiger partial charge on any atom is -0.495 e. The number of hydrogen-bond acceptors (Lipinski definition) is 4. The Hall–Kier alpha value is -1.14. The zero-order valence-corrected chi connectivity index (χ0v) is 11.0. The molecular weight excluding hydrogens is 295 g/mol. The van der Waals surface area contributed by atoms with Gasteiger partial charge in [-0.3, -0.25) is 0 Å². The summed E-state index contributed by atoms with van der Waals surface area (Å²) in [6, 6.07) is 2.21. The molecule has 1 rings (SSSR count). The molecule has 0 heterocycles. The molecule has 17 heavy (non-hydrogen) atoms. The third kappa shape index (κ3) is 3.17. The van der Waals surface area contributed by atoms with Gasteiger partial charge in [0.05, 0.1) is 18.2 Å². The minimum atomic E-state index is -1.57. The molecule has 1 unspecified atom stereocenters. The normalized spacial score (nSPS) is 12.1. The second-order valence-electron chi connectivity index (χ2n) is 3.16. The number of carbonyl (C=O) groups excluding carboxylic acids is 1. The molecule has 94 valence electrons. The van der Waals surface area contributed by atoms with Crippen LogP contribution in [0.1, 0.15) is 18.6 Å². The van der Waals surface area contributed by atoms with E-state index in [9.17, 15) is 14.3 Å². The molecule has 0 fully saturated rings. The highest BCUT2D eigenvalue weighted by Gasteiger charge is 2.24. The molecule has 0 spiro atoms. The molecule has 1 aromatic carbocycles. The number of aliphatic hydroxyl groups is 1. The molecule has 1 atom stereocenters. The lowest BCUT2D eigenvalue weighted by molar-refractivity contribution is -0.153. The van der Waals surface area contributed by atoms with E-state index in [2.05, 4.69) is 20.7 Å². The lowest BCUT2D eigenvalue weighted by atomic mass is 10.1. The molecule has 0 radical (unpaired) electrons. The van der Waals surface area contributed by atoms with Crippen LogP contribution in [-0.4, -0.2) is 24.8 Å². The van der Waals surface area contributed by atoms with Gasteiger partial charge in [0.1, 0.15) is 11.6 Å². The van der Waals surface area contributed by atoms with E-state index >= 15 is 0 Å². The van der Waals surface area contributed by atoms with Crippen LogP contribution in [0.4, 0.5) is 4.39 Å². The Bertz CT molecular complexity index is 422. The van der Waals surface area contributed by atoms with E-state index in [0.29, 0.717) is 4.47 Å².